The first-order valence-corrected chi connectivity index (χ1v) is 10.5. The van der Waals surface area contributed by atoms with Crippen LogP contribution in [0.5, 0.6) is 0 Å². The lowest BCUT2D eigenvalue weighted by atomic mass is 10.1. The highest BCUT2D eigenvalue weighted by molar-refractivity contribution is 6.37. The summed E-state index contributed by atoms with van der Waals surface area (Å²) in [6.45, 7) is 14.1. The van der Waals surface area contributed by atoms with Gasteiger partial charge >= 0.3 is 6.18 Å². The number of alkyl halides is 3. The number of nitriles is 1. The van der Waals surface area contributed by atoms with Gasteiger partial charge in [-0.25, -0.2) is 9.98 Å². The molecule has 0 spiro atoms. The largest absolute Gasteiger partial charge is 0.432 e. The van der Waals surface area contributed by atoms with E-state index in [1.54, 1.807) is 26.0 Å². The Hall–Kier alpha value is -5.05. The minimum atomic E-state index is -4.96. The lowest BCUT2D eigenvalue weighted by Gasteiger charge is -2.20. The fourth-order valence-electron chi connectivity index (χ4n) is 2.59. The highest BCUT2D eigenvalue weighted by atomic mass is 19.4. The maximum atomic E-state index is 14.2. The van der Waals surface area contributed by atoms with Crippen molar-refractivity contribution in [1.29, 1.82) is 10.7 Å². The first-order chi connectivity index (χ1) is 17.6. The topological polar surface area (TPSA) is 133 Å². The number of hydrogen-bond donors (Lipinski definition) is 4. The molecule has 0 fully saturated rings. The molecule has 1 heterocycles. The Morgan fingerprint density at radius 2 is 1.84 bits per heavy atom. The molecule has 0 aromatic rings. The first kappa shape index (κ1) is 30.0. The van der Waals surface area contributed by atoms with Gasteiger partial charge in [-0.1, -0.05) is 38.0 Å². The van der Waals surface area contributed by atoms with Gasteiger partial charge in [0.05, 0.1) is 29.4 Å². The number of hydrazone groups is 2. The SMILES string of the molecule is C=CN=C(N/C(=C(\C=N)C(=C)N=C1C=NNC=CNN=CC(C#N)=C1)C(F)(F)F)C(/C=C\C)=C(\C)C=C. The molecule has 9 nitrogen and oxygen atoms in total. The van der Waals surface area contributed by atoms with Crippen LogP contribution in [0.15, 0.2) is 117 Å². The van der Waals surface area contributed by atoms with E-state index in [0.29, 0.717) is 17.4 Å². The average molecular weight is 510 g/mol. The zero-order chi connectivity index (χ0) is 27.8. The molecule has 0 aromatic carbocycles. The van der Waals surface area contributed by atoms with Gasteiger partial charge in [0.2, 0.25) is 0 Å². The van der Waals surface area contributed by atoms with Gasteiger partial charge < -0.3 is 10.7 Å². The van der Waals surface area contributed by atoms with Crippen LogP contribution >= 0.6 is 0 Å². The molecule has 0 aromatic heterocycles. The Kier molecular flexibility index (Phi) is 12.2. The normalized spacial score (nSPS) is 16.8. The summed E-state index contributed by atoms with van der Waals surface area (Å²) < 4.78 is 42.7. The first-order valence-electron chi connectivity index (χ1n) is 10.5. The number of amidine groups is 1. The van der Waals surface area contributed by atoms with Crippen LogP contribution in [0, 0.1) is 16.7 Å². The predicted molar refractivity (Wildman–Crippen MR) is 143 cm³/mol. The molecule has 0 radical (unpaired) electrons. The number of nitrogens with zero attached hydrogens (tertiary/aromatic N) is 5. The number of hydrogen-bond acceptors (Lipinski definition) is 8. The van der Waals surface area contributed by atoms with E-state index in [2.05, 4.69) is 56.1 Å². The second-order valence-corrected chi connectivity index (χ2v) is 6.82. The summed E-state index contributed by atoms with van der Waals surface area (Å²) in [4.78, 5) is 8.04. The van der Waals surface area contributed by atoms with Crippen molar-refractivity contribution in [3.8, 4) is 6.07 Å². The number of halogens is 3. The lowest BCUT2D eigenvalue weighted by Crippen LogP contribution is -2.34. The Morgan fingerprint density at radius 3 is 2.35 bits per heavy atom. The van der Waals surface area contributed by atoms with E-state index in [1.165, 1.54) is 37.0 Å². The molecular weight excluding hydrogens is 483 g/mol. The van der Waals surface area contributed by atoms with Crippen molar-refractivity contribution in [2.75, 3.05) is 0 Å². The van der Waals surface area contributed by atoms with Crippen LogP contribution in [0.1, 0.15) is 13.8 Å². The van der Waals surface area contributed by atoms with Gasteiger partial charge in [0.15, 0.2) is 0 Å². The molecule has 1 aliphatic heterocycles. The van der Waals surface area contributed by atoms with Gasteiger partial charge in [-0.3, -0.25) is 10.9 Å². The number of aliphatic imine (C=N–C) groups is 2. The minimum absolute atomic E-state index is 0.0248. The summed E-state index contributed by atoms with van der Waals surface area (Å²) >= 11 is 0. The molecule has 0 saturated carbocycles. The van der Waals surface area contributed by atoms with Crippen LogP contribution in [0.3, 0.4) is 0 Å². The zero-order valence-corrected chi connectivity index (χ0v) is 20.3. The molecule has 0 saturated heterocycles. The van der Waals surface area contributed by atoms with Crippen LogP contribution in [-0.2, 0) is 0 Å². The maximum absolute atomic E-state index is 14.2. The van der Waals surface area contributed by atoms with E-state index in [1.807, 2.05) is 6.07 Å². The van der Waals surface area contributed by atoms with Gasteiger partial charge in [-0.2, -0.15) is 28.6 Å². The second kappa shape index (κ2) is 15.0. The fourth-order valence-corrected chi connectivity index (χ4v) is 2.59. The van der Waals surface area contributed by atoms with Gasteiger partial charge in [-0.05, 0) is 25.5 Å². The molecule has 0 bridgehead atoms. The Balaban J connectivity index is 3.78. The smallest absolute Gasteiger partial charge is 0.335 e. The van der Waals surface area contributed by atoms with E-state index in [4.69, 9.17) is 5.41 Å². The number of nitrogens with one attached hydrogen (secondary N) is 4. The van der Waals surface area contributed by atoms with Crippen molar-refractivity contribution < 1.29 is 13.2 Å². The van der Waals surface area contributed by atoms with E-state index in [0.717, 1.165) is 6.20 Å². The summed E-state index contributed by atoms with van der Waals surface area (Å²) in [5.74, 6) is -0.180. The molecule has 0 unspecified atom stereocenters. The highest BCUT2D eigenvalue weighted by Crippen LogP contribution is 2.29. The summed E-state index contributed by atoms with van der Waals surface area (Å²) in [5, 5.41) is 26.9. The predicted octanol–water partition coefficient (Wildman–Crippen LogP) is 4.70. The summed E-state index contributed by atoms with van der Waals surface area (Å²) in [5.41, 5.74) is 3.47. The molecule has 1 aliphatic rings. The van der Waals surface area contributed by atoms with E-state index < -0.39 is 23.1 Å². The molecule has 37 heavy (non-hydrogen) atoms. The number of allylic oxidation sites excluding steroid dienone is 7. The van der Waals surface area contributed by atoms with Crippen molar-refractivity contribution in [3.63, 3.8) is 0 Å². The monoisotopic (exact) mass is 509 g/mol. The minimum Gasteiger partial charge on any atom is -0.335 e. The van der Waals surface area contributed by atoms with Gasteiger partial charge in [-0.15, -0.1) is 0 Å². The average Bonchev–Trinajstić information content (AvgIpc) is 2.90. The maximum Gasteiger partial charge on any atom is 0.432 e. The van der Waals surface area contributed by atoms with Crippen molar-refractivity contribution in [1.82, 2.24) is 16.2 Å². The third kappa shape index (κ3) is 9.61. The zero-order valence-electron chi connectivity index (χ0n) is 20.3. The summed E-state index contributed by atoms with van der Waals surface area (Å²) in [6.07, 6.45) is 7.62. The van der Waals surface area contributed by atoms with Gasteiger partial charge in [0.1, 0.15) is 17.6 Å². The van der Waals surface area contributed by atoms with Crippen molar-refractivity contribution >= 4 is 30.2 Å². The number of rotatable bonds is 8. The molecule has 0 atom stereocenters. The van der Waals surface area contributed by atoms with Crippen LogP contribution in [0.4, 0.5) is 13.2 Å². The van der Waals surface area contributed by atoms with Crippen LogP contribution in [0.25, 0.3) is 0 Å². The Morgan fingerprint density at radius 1 is 1.19 bits per heavy atom. The summed E-state index contributed by atoms with van der Waals surface area (Å²) in [6, 6.07) is 1.88. The quantitative estimate of drug-likeness (QED) is 0.214. The summed E-state index contributed by atoms with van der Waals surface area (Å²) in [7, 11) is 0. The molecule has 0 aliphatic carbocycles. The van der Waals surface area contributed by atoms with E-state index in [9.17, 15) is 18.4 Å². The van der Waals surface area contributed by atoms with Gasteiger partial charge in [0.25, 0.3) is 0 Å². The molecule has 12 heteroatoms. The van der Waals surface area contributed by atoms with Crippen molar-refractivity contribution in [2.24, 2.45) is 20.2 Å². The van der Waals surface area contributed by atoms with Crippen molar-refractivity contribution in [3.05, 3.63) is 96.3 Å². The molecule has 4 N–H and O–H groups in total. The second-order valence-electron chi connectivity index (χ2n) is 6.82. The van der Waals surface area contributed by atoms with Crippen LogP contribution in [0.2, 0.25) is 0 Å². The Labute approximate surface area is 213 Å². The van der Waals surface area contributed by atoms with E-state index >= 15 is 0 Å². The van der Waals surface area contributed by atoms with Gasteiger partial charge in [0, 0.05) is 36.0 Å². The Bertz CT molecular complexity index is 1230. The third-order valence-corrected chi connectivity index (χ3v) is 4.27. The highest BCUT2D eigenvalue weighted by Gasteiger charge is 2.38. The van der Waals surface area contributed by atoms with Crippen molar-refractivity contribution in [2.45, 2.75) is 20.0 Å². The molecule has 192 valence electrons. The van der Waals surface area contributed by atoms with Crippen LogP contribution < -0.4 is 16.2 Å². The standard InChI is InChI=1S/C25H26F3N9/c1-6-9-21(17(4)7-2)24(31-8-3)37-23(25(26,27)28)22(14-30)18(5)36-20-12-19(13-29)15-34-32-10-11-33-35-16-20/h6-12,14-16,30,32-33H,2-3,5H2,1,4H3,(H,31,37)/b9-6-,11-10?,19-12?,21-17+,23-22+,30-14?,34-15?,35-16?,36-20?. The molecular formula is C25H26F3N9. The lowest BCUT2D eigenvalue weighted by molar-refractivity contribution is -0.0952. The van der Waals surface area contributed by atoms with Crippen LogP contribution in [-0.4, -0.2) is 36.4 Å². The van der Waals surface area contributed by atoms with E-state index in [-0.39, 0.29) is 17.1 Å². The molecule has 0 amide bonds. The fraction of sp³-hybridized carbons (Fsp3) is 0.120. The third-order valence-electron chi connectivity index (χ3n) is 4.27. The molecule has 1 rings (SSSR count).